The molecule has 1 atom stereocenters. The highest BCUT2D eigenvalue weighted by Gasteiger charge is 2.15. The van der Waals surface area contributed by atoms with Gasteiger partial charge in [0.2, 0.25) is 5.91 Å². The smallest absolute Gasteiger partial charge is 0.337 e. The zero-order valence-corrected chi connectivity index (χ0v) is 12.6. The van der Waals surface area contributed by atoms with Crippen molar-refractivity contribution in [1.29, 1.82) is 0 Å². The lowest BCUT2D eigenvalue weighted by molar-refractivity contribution is -0.122. The van der Waals surface area contributed by atoms with Crippen LogP contribution in [0.4, 0.5) is 5.69 Å². The van der Waals surface area contributed by atoms with Crippen LogP contribution in [0.1, 0.15) is 36.7 Å². The molecule has 5 nitrogen and oxygen atoms in total. The zero-order chi connectivity index (χ0) is 15.3. The van der Waals surface area contributed by atoms with Gasteiger partial charge in [-0.25, -0.2) is 4.79 Å². The molecule has 0 bridgehead atoms. The standard InChI is InChI=1S/C15H22N2O3/c1-9(2)16-14(18)11(4)17-13-8-12(15(19)20-5)7-6-10(13)3/h6-9,11,17H,1-5H3,(H,16,18)/t11-/m0/s1. The molecule has 0 aliphatic heterocycles. The van der Waals surface area contributed by atoms with Crippen LogP contribution in [0.5, 0.6) is 0 Å². The number of carbonyl (C=O) groups excluding carboxylic acids is 2. The molecule has 0 aromatic heterocycles. The second kappa shape index (κ2) is 6.93. The van der Waals surface area contributed by atoms with Crippen LogP contribution in [0.15, 0.2) is 18.2 Å². The fourth-order valence-corrected chi connectivity index (χ4v) is 1.73. The van der Waals surface area contributed by atoms with Crippen LogP contribution in [-0.2, 0) is 9.53 Å². The van der Waals surface area contributed by atoms with E-state index in [-0.39, 0.29) is 18.0 Å². The molecule has 1 aromatic carbocycles. The molecule has 110 valence electrons. The normalized spacial score (nSPS) is 11.9. The maximum absolute atomic E-state index is 11.9. The van der Waals surface area contributed by atoms with Crippen LogP contribution in [-0.4, -0.2) is 31.1 Å². The van der Waals surface area contributed by atoms with Gasteiger partial charge < -0.3 is 15.4 Å². The van der Waals surface area contributed by atoms with Crippen molar-refractivity contribution in [1.82, 2.24) is 5.32 Å². The first-order chi connectivity index (χ1) is 9.35. The van der Waals surface area contributed by atoms with E-state index in [1.54, 1.807) is 19.1 Å². The van der Waals surface area contributed by atoms with Crippen molar-refractivity contribution in [3.8, 4) is 0 Å². The SMILES string of the molecule is COC(=O)c1ccc(C)c(N[C@@H](C)C(=O)NC(C)C)c1. The minimum Gasteiger partial charge on any atom is -0.465 e. The van der Waals surface area contributed by atoms with Gasteiger partial charge in [0.1, 0.15) is 6.04 Å². The van der Waals surface area contributed by atoms with Gasteiger partial charge in [-0.1, -0.05) is 6.07 Å². The third kappa shape index (κ3) is 4.26. The minimum absolute atomic E-state index is 0.0807. The van der Waals surface area contributed by atoms with Crippen molar-refractivity contribution in [3.63, 3.8) is 0 Å². The van der Waals surface area contributed by atoms with Crippen LogP contribution in [0.3, 0.4) is 0 Å². The van der Waals surface area contributed by atoms with Gasteiger partial charge in [-0.2, -0.15) is 0 Å². The third-order valence-electron chi connectivity index (χ3n) is 2.85. The topological polar surface area (TPSA) is 67.4 Å². The van der Waals surface area contributed by atoms with Crippen LogP contribution in [0.2, 0.25) is 0 Å². The molecule has 0 aliphatic carbocycles. The highest BCUT2D eigenvalue weighted by atomic mass is 16.5. The lowest BCUT2D eigenvalue weighted by Gasteiger charge is -2.18. The van der Waals surface area contributed by atoms with Gasteiger partial charge in [-0.3, -0.25) is 4.79 Å². The summed E-state index contributed by atoms with van der Waals surface area (Å²) in [6, 6.07) is 4.92. The number of hydrogen-bond acceptors (Lipinski definition) is 4. The fraction of sp³-hybridized carbons (Fsp3) is 0.467. The second-order valence-corrected chi connectivity index (χ2v) is 5.05. The molecule has 0 fully saturated rings. The van der Waals surface area contributed by atoms with Gasteiger partial charge in [0.25, 0.3) is 0 Å². The van der Waals surface area contributed by atoms with E-state index in [0.29, 0.717) is 5.56 Å². The molecule has 0 heterocycles. The number of amides is 1. The predicted molar refractivity (Wildman–Crippen MR) is 78.9 cm³/mol. The van der Waals surface area contributed by atoms with Gasteiger partial charge in [0.05, 0.1) is 12.7 Å². The Hall–Kier alpha value is -2.04. The molecular weight excluding hydrogens is 256 g/mol. The Kier molecular flexibility index (Phi) is 5.55. The third-order valence-corrected chi connectivity index (χ3v) is 2.85. The Morgan fingerprint density at radius 2 is 1.85 bits per heavy atom. The Bertz CT molecular complexity index is 498. The summed E-state index contributed by atoms with van der Waals surface area (Å²) in [5, 5.41) is 5.95. The van der Waals surface area contributed by atoms with Crippen LogP contribution < -0.4 is 10.6 Å². The van der Waals surface area contributed by atoms with Gasteiger partial charge in [-0.15, -0.1) is 0 Å². The van der Waals surface area contributed by atoms with Crippen LogP contribution in [0, 0.1) is 6.92 Å². The van der Waals surface area contributed by atoms with Crippen molar-refractivity contribution in [2.24, 2.45) is 0 Å². The van der Waals surface area contributed by atoms with E-state index >= 15 is 0 Å². The quantitative estimate of drug-likeness (QED) is 0.809. The van der Waals surface area contributed by atoms with Gasteiger partial charge in [0.15, 0.2) is 0 Å². The van der Waals surface area contributed by atoms with Crippen molar-refractivity contribution >= 4 is 17.6 Å². The molecule has 1 aromatic rings. The molecule has 0 unspecified atom stereocenters. The summed E-state index contributed by atoms with van der Waals surface area (Å²) in [5.41, 5.74) is 2.17. The Morgan fingerprint density at radius 3 is 2.40 bits per heavy atom. The van der Waals surface area contributed by atoms with Crippen LogP contribution >= 0.6 is 0 Å². The molecule has 0 aliphatic rings. The number of nitrogens with one attached hydrogen (secondary N) is 2. The molecule has 1 rings (SSSR count). The van der Waals surface area contributed by atoms with Gasteiger partial charge in [-0.05, 0) is 45.4 Å². The first-order valence-corrected chi connectivity index (χ1v) is 6.61. The average molecular weight is 278 g/mol. The number of ether oxygens (including phenoxy) is 1. The number of benzene rings is 1. The van der Waals surface area contributed by atoms with E-state index in [1.165, 1.54) is 7.11 Å². The fourth-order valence-electron chi connectivity index (χ4n) is 1.73. The first kappa shape index (κ1) is 16.0. The first-order valence-electron chi connectivity index (χ1n) is 6.61. The zero-order valence-electron chi connectivity index (χ0n) is 12.6. The Labute approximate surface area is 119 Å². The Balaban J connectivity index is 2.86. The number of rotatable bonds is 5. The van der Waals surface area contributed by atoms with Crippen molar-refractivity contribution in [2.75, 3.05) is 12.4 Å². The lowest BCUT2D eigenvalue weighted by Crippen LogP contribution is -2.41. The van der Waals surface area contributed by atoms with E-state index in [9.17, 15) is 9.59 Å². The predicted octanol–water partition coefficient (Wildman–Crippen LogP) is 2.11. The molecule has 0 spiro atoms. The highest BCUT2D eigenvalue weighted by molar-refractivity contribution is 5.91. The van der Waals surface area contributed by atoms with E-state index < -0.39 is 5.97 Å². The largest absolute Gasteiger partial charge is 0.465 e. The molecule has 0 saturated heterocycles. The average Bonchev–Trinajstić information content (AvgIpc) is 2.39. The van der Waals surface area contributed by atoms with Crippen LogP contribution in [0.25, 0.3) is 0 Å². The number of carbonyl (C=O) groups is 2. The molecule has 5 heteroatoms. The maximum Gasteiger partial charge on any atom is 0.337 e. The van der Waals surface area contributed by atoms with Crippen molar-refractivity contribution in [2.45, 2.75) is 39.8 Å². The van der Waals surface area contributed by atoms with Gasteiger partial charge in [0, 0.05) is 11.7 Å². The second-order valence-electron chi connectivity index (χ2n) is 5.05. The minimum atomic E-state index is -0.396. The summed E-state index contributed by atoms with van der Waals surface area (Å²) in [5.74, 6) is -0.477. The molecule has 20 heavy (non-hydrogen) atoms. The lowest BCUT2D eigenvalue weighted by atomic mass is 10.1. The monoisotopic (exact) mass is 278 g/mol. The summed E-state index contributed by atoms with van der Waals surface area (Å²) in [7, 11) is 1.34. The summed E-state index contributed by atoms with van der Waals surface area (Å²) < 4.78 is 4.69. The molecule has 1 amide bonds. The van der Waals surface area contributed by atoms with Crippen molar-refractivity contribution in [3.05, 3.63) is 29.3 Å². The van der Waals surface area contributed by atoms with E-state index in [0.717, 1.165) is 11.3 Å². The number of esters is 1. The highest BCUT2D eigenvalue weighted by Crippen LogP contribution is 2.18. The van der Waals surface area contributed by atoms with Crippen molar-refractivity contribution < 1.29 is 14.3 Å². The maximum atomic E-state index is 11.9. The molecular formula is C15H22N2O3. The van der Waals surface area contributed by atoms with Gasteiger partial charge >= 0.3 is 5.97 Å². The number of anilines is 1. The Morgan fingerprint density at radius 1 is 1.20 bits per heavy atom. The number of hydrogen-bond donors (Lipinski definition) is 2. The summed E-state index contributed by atoms with van der Waals surface area (Å²) in [4.78, 5) is 23.4. The molecule has 0 radical (unpaired) electrons. The summed E-state index contributed by atoms with van der Waals surface area (Å²) in [6.07, 6.45) is 0. The molecule has 2 N–H and O–H groups in total. The van der Waals surface area contributed by atoms with E-state index in [1.807, 2.05) is 26.8 Å². The van der Waals surface area contributed by atoms with E-state index in [4.69, 9.17) is 4.74 Å². The number of aryl methyl sites for hydroxylation is 1. The molecule has 0 saturated carbocycles. The summed E-state index contributed by atoms with van der Waals surface area (Å²) >= 11 is 0. The van der Waals surface area contributed by atoms with E-state index in [2.05, 4.69) is 10.6 Å². The summed E-state index contributed by atoms with van der Waals surface area (Å²) in [6.45, 7) is 7.51. The number of methoxy groups -OCH3 is 1.